The van der Waals surface area contributed by atoms with Crippen molar-refractivity contribution >= 4 is 15.9 Å². The van der Waals surface area contributed by atoms with Crippen molar-refractivity contribution in [3.05, 3.63) is 15.9 Å². The van der Waals surface area contributed by atoms with E-state index in [4.69, 9.17) is 0 Å². The molecule has 1 N–H and O–H groups in total. The van der Waals surface area contributed by atoms with Crippen molar-refractivity contribution in [1.29, 1.82) is 0 Å². The molecule has 0 saturated carbocycles. The Hall–Kier alpha value is -0.390. The van der Waals surface area contributed by atoms with E-state index in [0.717, 1.165) is 49.2 Å². The SMILES string of the molecule is CCn1nc(C)c(Br)c1CN1CCC(O)CC1. The van der Waals surface area contributed by atoms with Crippen molar-refractivity contribution in [1.82, 2.24) is 14.7 Å². The molecule has 5 heteroatoms. The molecule has 1 aromatic heterocycles. The number of aromatic nitrogens is 2. The van der Waals surface area contributed by atoms with E-state index in [2.05, 4.69) is 37.5 Å². The zero-order valence-corrected chi connectivity index (χ0v) is 12.1. The van der Waals surface area contributed by atoms with Crippen LogP contribution in [0.25, 0.3) is 0 Å². The van der Waals surface area contributed by atoms with Gasteiger partial charge in [0.2, 0.25) is 0 Å². The molecule has 0 aliphatic carbocycles. The molecular formula is C12H20BrN3O. The molecule has 1 aliphatic heterocycles. The van der Waals surface area contributed by atoms with Crippen LogP contribution in [0.2, 0.25) is 0 Å². The van der Waals surface area contributed by atoms with Gasteiger partial charge in [-0.05, 0) is 42.6 Å². The largest absolute Gasteiger partial charge is 0.393 e. The van der Waals surface area contributed by atoms with E-state index in [9.17, 15) is 5.11 Å². The lowest BCUT2D eigenvalue weighted by molar-refractivity contribution is 0.0779. The molecule has 2 rings (SSSR count). The van der Waals surface area contributed by atoms with Crippen LogP contribution in [-0.2, 0) is 13.1 Å². The van der Waals surface area contributed by atoms with Gasteiger partial charge in [-0.2, -0.15) is 5.10 Å². The minimum absolute atomic E-state index is 0.104. The number of piperidine rings is 1. The predicted molar refractivity (Wildman–Crippen MR) is 70.9 cm³/mol. The van der Waals surface area contributed by atoms with Crippen LogP contribution < -0.4 is 0 Å². The smallest absolute Gasteiger partial charge is 0.0739 e. The van der Waals surface area contributed by atoms with Gasteiger partial charge in [-0.1, -0.05) is 0 Å². The van der Waals surface area contributed by atoms with E-state index in [0.29, 0.717) is 0 Å². The van der Waals surface area contributed by atoms with Gasteiger partial charge in [-0.3, -0.25) is 9.58 Å². The number of rotatable bonds is 3. The molecule has 1 fully saturated rings. The Morgan fingerprint density at radius 3 is 2.65 bits per heavy atom. The van der Waals surface area contributed by atoms with E-state index in [1.54, 1.807) is 0 Å². The van der Waals surface area contributed by atoms with Crippen LogP contribution >= 0.6 is 15.9 Å². The number of aliphatic hydroxyl groups is 1. The van der Waals surface area contributed by atoms with Gasteiger partial charge < -0.3 is 5.11 Å². The lowest BCUT2D eigenvalue weighted by atomic mass is 10.1. The summed E-state index contributed by atoms with van der Waals surface area (Å²) in [6.07, 6.45) is 1.67. The minimum atomic E-state index is -0.104. The number of likely N-dealkylation sites (tertiary alicyclic amines) is 1. The van der Waals surface area contributed by atoms with E-state index in [-0.39, 0.29) is 6.10 Å². The average molecular weight is 302 g/mol. The van der Waals surface area contributed by atoms with E-state index >= 15 is 0 Å². The van der Waals surface area contributed by atoms with Crippen molar-refractivity contribution in [2.45, 2.75) is 45.9 Å². The minimum Gasteiger partial charge on any atom is -0.393 e. The lowest BCUT2D eigenvalue weighted by Crippen LogP contribution is -2.35. The van der Waals surface area contributed by atoms with Crippen molar-refractivity contribution in [2.75, 3.05) is 13.1 Å². The van der Waals surface area contributed by atoms with Crippen LogP contribution in [0.5, 0.6) is 0 Å². The maximum Gasteiger partial charge on any atom is 0.0739 e. The molecule has 1 saturated heterocycles. The van der Waals surface area contributed by atoms with Gasteiger partial charge in [-0.25, -0.2) is 0 Å². The van der Waals surface area contributed by atoms with E-state index in [1.165, 1.54) is 5.69 Å². The maximum absolute atomic E-state index is 9.50. The van der Waals surface area contributed by atoms with Crippen LogP contribution in [0.15, 0.2) is 4.47 Å². The van der Waals surface area contributed by atoms with Gasteiger partial charge in [-0.15, -0.1) is 0 Å². The Bertz CT molecular complexity index is 383. The van der Waals surface area contributed by atoms with Crippen molar-refractivity contribution < 1.29 is 5.11 Å². The summed E-state index contributed by atoms with van der Waals surface area (Å²) in [5.74, 6) is 0. The number of aryl methyl sites for hydroxylation is 2. The van der Waals surface area contributed by atoms with Crippen molar-refractivity contribution in [3.8, 4) is 0 Å². The van der Waals surface area contributed by atoms with E-state index < -0.39 is 0 Å². The second-order valence-corrected chi connectivity index (χ2v) is 5.46. The molecule has 0 amide bonds. The van der Waals surface area contributed by atoms with E-state index in [1.807, 2.05) is 6.92 Å². The fourth-order valence-corrected chi connectivity index (χ4v) is 2.72. The summed E-state index contributed by atoms with van der Waals surface area (Å²) in [5.41, 5.74) is 2.31. The highest BCUT2D eigenvalue weighted by Crippen LogP contribution is 2.23. The molecule has 0 radical (unpaired) electrons. The number of hydrogen-bond acceptors (Lipinski definition) is 3. The van der Waals surface area contributed by atoms with Crippen LogP contribution in [0, 0.1) is 6.92 Å². The normalized spacial score (nSPS) is 18.8. The Balaban J connectivity index is 2.07. The third kappa shape index (κ3) is 2.89. The average Bonchev–Trinajstić information content (AvgIpc) is 2.59. The molecule has 4 nitrogen and oxygen atoms in total. The summed E-state index contributed by atoms with van der Waals surface area (Å²) in [5, 5.41) is 14.0. The standard InChI is InChI=1S/C12H20BrN3O/c1-3-16-11(12(13)9(2)14-16)8-15-6-4-10(17)5-7-15/h10,17H,3-8H2,1-2H3. The highest BCUT2D eigenvalue weighted by Gasteiger charge is 2.20. The summed E-state index contributed by atoms with van der Waals surface area (Å²) in [6, 6.07) is 0. The second-order valence-electron chi connectivity index (χ2n) is 4.67. The highest BCUT2D eigenvalue weighted by atomic mass is 79.9. The monoisotopic (exact) mass is 301 g/mol. The molecule has 0 spiro atoms. The van der Waals surface area contributed by atoms with Crippen LogP contribution in [0.4, 0.5) is 0 Å². The van der Waals surface area contributed by atoms with Gasteiger partial charge >= 0.3 is 0 Å². The molecule has 0 bridgehead atoms. The summed E-state index contributed by atoms with van der Waals surface area (Å²) < 4.78 is 3.19. The first kappa shape index (κ1) is 13.1. The van der Waals surface area contributed by atoms with Crippen LogP contribution in [-0.4, -0.2) is 39.0 Å². The number of hydrogen-bond donors (Lipinski definition) is 1. The van der Waals surface area contributed by atoms with Gasteiger partial charge in [0.15, 0.2) is 0 Å². The third-order valence-electron chi connectivity index (χ3n) is 3.38. The molecule has 2 heterocycles. The molecule has 0 atom stereocenters. The van der Waals surface area contributed by atoms with Gasteiger partial charge in [0, 0.05) is 26.2 Å². The van der Waals surface area contributed by atoms with Crippen LogP contribution in [0.3, 0.4) is 0 Å². The molecule has 1 aliphatic rings. The first-order chi connectivity index (χ1) is 8.11. The van der Waals surface area contributed by atoms with Crippen molar-refractivity contribution in [2.24, 2.45) is 0 Å². The summed E-state index contributed by atoms with van der Waals surface area (Å²) in [6.45, 7) is 7.91. The molecule has 0 aromatic carbocycles. The lowest BCUT2D eigenvalue weighted by Gasteiger charge is -2.29. The van der Waals surface area contributed by atoms with Crippen LogP contribution in [0.1, 0.15) is 31.2 Å². The molecule has 0 unspecified atom stereocenters. The first-order valence-electron chi connectivity index (χ1n) is 6.24. The first-order valence-corrected chi connectivity index (χ1v) is 7.03. The molecule has 96 valence electrons. The zero-order valence-electron chi connectivity index (χ0n) is 10.5. The molecule has 17 heavy (non-hydrogen) atoms. The fraction of sp³-hybridized carbons (Fsp3) is 0.750. The van der Waals surface area contributed by atoms with Gasteiger partial charge in [0.25, 0.3) is 0 Å². The number of halogens is 1. The third-order valence-corrected chi connectivity index (χ3v) is 4.41. The number of nitrogens with zero attached hydrogens (tertiary/aromatic N) is 3. The zero-order chi connectivity index (χ0) is 12.4. The molecular weight excluding hydrogens is 282 g/mol. The summed E-state index contributed by atoms with van der Waals surface area (Å²) >= 11 is 3.62. The van der Waals surface area contributed by atoms with Gasteiger partial charge in [0.05, 0.1) is 22.0 Å². The maximum atomic E-state index is 9.50. The van der Waals surface area contributed by atoms with Crippen molar-refractivity contribution in [3.63, 3.8) is 0 Å². The number of aliphatic hydroxyl groups excluding tert-OH is 1. The fourth-order valence-electron chi connectivity index (χ4n) is 2.31. The second kappa shape index (κ2) is 5.50. The highest BCUT2D eigenvalue weighted by molar-refractivity contribution is 9.10. The Labute approximate surface area is 111 Å². The quantitative estimate of drug-likeness (QED) is 0.927. The summed E-state index contributed by atoms with van der Waals surface area (Å²) in [7, 11) is 0. The molecule has 1 aromatic rings. The predicted octanol–water partition coefficient (Wildman–Crippen LogP) is 1.93. The van der Waals surface area contributed by atoms with Gasteiger partial charge in [0.1, 0.15) is 0 Å². The topological polar surface area (TPSA) is 41.3 Å². The Kier molecular flexibility index (Phi) is 4.22. The summed E-state index contributed by atoms with van der Waals surface area (Å²) in [4.78, 5) is 2.39. The Morgan fingerprint density at radius 2 is 2.06 bits per heavy atom. The Morgan fingerprint density at radius 1 is 1.41 bits per heavy atom.